The van der Waals surface area contributed by atoms with Gasteiger partial charge in [-0.15, -0.1) is 0 Å². The number of methoxy groups -OCH3 is 1. The zero-order valence-electron chi connectivity index (χ0n) is 22.8. The van der Waals surface area contributed by atoms with Crippen LogP contribution >= 0.6 is 0 Å². The summed E-state index contributed by atoms with van der Waals surface area (Å²) in [5, 5.41) is 9.17. The van der Waals surface area contributed by atoms with Crippen LogP contribution in [0.5, 0.6) is 11.5 Å². The lowest BCUT2D eigenvalue weighted by Crippen LogP contribution is -2.51. The van der Waals surface area contributed by atoms with Gasteiger partial charge in [0.2, 0.25) is 0 Å². The van der Waals surface area contributed by atoms with Gasteiger partial charge in [0.05, 0.1) is 32.3 Å². The van der Waals surface area contributed by atoms with Crippen molar-refractivity contribution >= 4 is 23.8 Å². The summed E-state index contributed by atoms with van der Waals surface area (Å²) in [7, 11) is 1.32. The Morgan fingerprint density at radius 3 is 2.24 bits per heavy atom. The fraction of sp³-hybridized carbons (Fsp3) is 0.290. The van der Waals surface area contributed by atoms with E-state index in [0.717, 1.165) is 11.1 Å². The Bertz CT molecular complexity index is 1510. The number of hydrogen-bond acceptors (Lipinski definition) is 7. The van der Waals surface area contributed by atoms with E-state index in [1.165, 1.54) is 43.5 Å². The molecule has 1 fully saturated rings. The third-order valence-corrected chi connectivity index (χ3v) is 7.13. The Labute approximate surface area is 237 Å². The highest BCUT2D eigenvalue weighted by atomic mass is 19.1. The first-order chi connectivity index (χ1) is 19.9. The lowest BCUT2D eigenvalue weighted by atomic mass is 9.99. The number of nitrogens with zero attached hydrogens (tertiary/aromatic N) is 1. The predicted molar refractivity (Wildman–Crippen MR) is 152 cm³/mol. The van der Waals surface area contributed by atoms with E-state index in [0.29, 0.717) is 43.8 Å². The van der Waals surface area contributed by atoms with E-state index in [-0.39, 0.29) is 46.5 Å². The lowest BCUT2D eigenvalue weighted by Gasteiger charge is -2.21. The van der Waals surface area contributed by atoms with Crippen LogP contribution in [0.1, 0.15) is 61.1 Å². The molecule has 0 radical (unpaired) electrons. The first-order valence-corrected chi connectivity index (χ1v) is 13.5. The molecular weight excluding hydrogens is 526 g/mol. The fourth-order valence-corrected chi connectivity index (χ4v) is 4.89. The van der Waals surface area contributed by atoms with Crippen molar-refractivity contribution in [3.05, 3.63) is 93.8 Å². The molecule has 2 aliphatic rings. The molecule has 2 amide bonds. The number of carbonyl (C=O) groups is 3. The Balaban J connectivity index is 1.25. The standard InChI is InChI=1S/C31H31FN4O5/c1-3-12-41-25-10-11-26(40-2)28(32)27(25)29(37)18-4-6-19(7-5-18)30(38)35-23-16-34-17-24(23)36-31(39)20-8-9-21-14-33-15-22(21)13-20/h4-11,13,15,23-24,34H,3,12,14,16-17H2,1-2H3,(H,35,38)(H,36,39)/t23-,24-/m1/s1/i2-1. The number of ether oxygens (including phenoxy) is 2. The molecule has 0 aliphatic carbocycles. The molecule has 0 unspecified atom stereocenters. The number of ketones is 1. The largest absolute Gasteiger partial charge is 0.494 e. The van der Waals surface area contributed by atoms with Crippen LogP contribution in [-0.4, -0.2) is 62.7 Å². The van der Waals surface area contributed by atoms with Gasteiger partial charge in [0.15, 0.2) is 17.3 Å². The van der Waals surface area contributed by atoms with Crippen molar-refractivity contribution in [2.45, 2.75) is 32.0 Å². The van der Waals surface area contributed by atoms with Crippen LogP contribution in [0.3, 0.4) is 0 Å². The van der Waals surface area contributed by atoms with Crippen LogP contribution in [0.4, 0.5) is 4.39 Å². The van der Waals surface area contributed by atoms with E-state index in [4.69, 9.17) is 9.47 Å². The van der Waals surface area contributed by atoms with E-state index in [1.54, 1.807) is 12.3 Å². The normalized spacial score (nSPS) is 17.1. The highest BCUT2D eigenvalue weighted by Crippen LogP contribution is 2.31. The second-order valence-corrected chi connectivity index (χ2v) is 9.91. The minimum atomic E-state index is -0.803. The van der Waals surface area contributed by atoms with Gasteiger partial charge in [0.1, 0.15) is 11.3 Å². The first-order valence-electron chi connectivity index (χ1n) is 13.5. The highest BCUT2D eigenvalue weighted by molar-refractivity contribution is 6.11. The first kappa shape index (κ1) is 28.0. The zero-order chi connectivity index (χ0) is 28.9. The van der Waals surface area contributed by atoms with Crippen molar-refractivity contribution in [3.63, 3.8) is 0 Å². The van der Waals surface area contributed by atoms with Gasteiger partial charge >= 0.3 is 0 Å². The summed E-state index contributed by atoms with van der Waals surface area (Å²) in [6.45, 7) is 3.85. The van der Waals surface area contributed by atoms with Gasteiger partial charge in [-0.25, -0.2) is 4.39 Å². The van der Waals surface area contributed by atoms with Crippen molar-refractivity contribution in [3.8, 4) is 11.5 Å². The molecule has 1 saturated heterocycles. The number of fused-ring (bicyclic) bond motifs is 1. The fourth-order valence-electron chi connectivity index (χ4n) is 4.89. The van der Waals surface area contributed by atoms with Gasteiger partial charge in [0, 0.05) is 36.0 Å². The maximum atomic E-state index is 15.1. The third-order valence-electron chi connectivity index (χ3n) is 7.13. The van der Waals surface area contributed by atoms with Crippen LogP contribution in [0.2, 0.25) is 0 Å². The van der Waals surface area contributed by atoms with Crippen LogP contribution in [0.25, 0.3) is 0 Å². The molecule has 3 aromatic carbocycles. The molecule has 2 heterocycles. The average molecular weight is 558 g/mol. The van der Waals surface area contributed by atoms with Crippen LogP contribution in [0.15, 0.2) is 59.6 Å². The quantitative estimate of drug-likeness (QED) is 0.330. The molecular formula is C31H31FN4O5. The van der Waals surface area contributed by atoms with Gasteiger partial charge in [-0.05, 0) is 53.9 Å². The van der Waals surface area contributed by atoms with Gasteiger partial charge < -0.3 is 25.4 Å². The van der Waals surface area contributed by atoms with E-state index in [1.807, 2.05) is 19.1 Å². The number of halogens is 1. The topological polar surface area (TPSA) is 118 Å². The van der Waals surface area contributed by atoms with Gasteiger partial charge in [-0.3, -0.25) is 19.4 Å². The molecule has 3 aromatic rings. The molecule has 0 bridgehead atoms. The van der Waals surface area contributed by atoms with Crippen LogP contribution in [-0.2, 0) is 6.54 Å². The maximum absolute atomic E-state index is 15.1. The van der Waals surface area contributed by atoms with Crippen molar-refractivity contribution in [2.75, 3.05) is 26.8 Å². The summed E-state index contributed by atoms with van der Waals surface area (Å²) in [6.07, 6.45) is 2.45. The molecule has 3 N–H and O–H groups in total. The monoisotopic (exact) mass is 557 g/mol. The van der Waals surface area contributed by atoms with Crippen molar-refractivity contribution in [1.82, 2.24) is 16.0 Å². The maximum Gasteiger partial charge on any atom is 0.251 e. The third kappa shape index (κ3) is 5.97. The molecule has 0 saturated carbocycles. The van der Waals surface area contributed by atoms with Crippen molar-refractivity contribution < 1.29 is 28.2 Å². The second kappa shape index (κ2) is 12.3. The summed E-state index contributed by atoms with van der Waals surface area (Å²) in [6, 6.07) is 13.7. The van der Waals surface area contributed by atoms with Gasteiger partial charge in [-0.1, -0.05) is 25.1 Å². The molecule has 5 rings (SSSR count). The Hall–Kier alpha value is -4.57. The minimum absolute atomic E-state index is 0.0648. The Morgan fingerprint density at radius 2 is 1.56 bits per heavy atom. The molecule has 0 aromatic heterocycles. The van der Waals surface area contributed by atoms with E-state index in [9.17, 15) is 14.4 Å². The summed E-state index contributed by atoms with van der Waals surface area (Å²) in [4.78, 5) is 43.4. The summed E-state index contributed by atoms with van der Waals surface area (Å²) in [5.74, 6) is -1.90. The lowest BCUT2D eigenvalue weighted by molar-refractivity contribution is 0.0896. The zero-order valence-corrected chi connectivity index (χ0v) is 22.8. The Kier molecular flexibility index (Phi) is 8.39. The van der Waals surface area contributed by atoms with Crippen molar-refractivity contribution in [2.24, 2.45) is 4.99 Å². The molecule has 0 spiro atoms. The van der Waals surface area contributed by atoms with Crippen LogP contribution in [0, 0.1) is 5.82 Å². The average Bonchev–Trinajstić information content (AvgIpc) is 3.64. The smallest absolute Gasteiger partial charge is 0.251 e. The number of aliphatic imine (C=N–C) groups is 1. The van der Waals surface area contributed by atoms with Gasteiger partial charge in [0.25, 0.3) is 11.8 Å². The van der Waals surface area contributed by atoms with Gasteiger partial charge in [-0.2, -0.15) is 0 Å². The van der Waals surface area contributed by atoms with Crippen LogP contribution < -0.4 is 25.4 Å². The Morgan fingerprint density at radius 1 is 0.927 bits per heavy atom. The molecule has 41 heavy (non-hydrogen) atoms. The second-order valence-electron chi connectivity index (χ2n) is 9.91. The number of benzene rings is 3. The number of hydrogen-bond donors (Lipinski definition) is 3. The molecule has 9 nitrogen and oxygen atoms in total. The number of nitrogens with one attached hydrogen (secondary N) is 3. The number of carbonyl (C=O) groups excluding carboxylic acids is 3. The molecule has 2 aliphatic heterocycles. The number of amides is 2. The molecule has 10 heteroatoms. The minimum Gasteiger partial charge on any atom is -0.494 e. The van der Waals surface area contributed by atoms with E-state index >= 15 is 4.39 Å². The molecule has 2 atom stereocenters. The summed E-state index contributed by atoms with van der Waals surface area (Å²) in [5.41, 5.74) is 2.85. The highest BCUT2D eigenvalue weighted by Gasteiger charge is 2.30. The summed E-state index contributed by atoms with van der Waals surface area (Å²) < 4.78 is 25.8. The summed E-state index contributed by atoms with van der Waals surface area (Å²) >= 11 is 0. The predicted octanol–water partition coefficient (Wildman–Crippen LogP) is 3.29. The van der Waals surface area contributed by atoms with E-state index < -0.39 is 11.6 Å². The van der Waals surface area contributed by atoms with E-state index in [2.05, 4.69) is 20.9 Å². The number of rotatable bonds is 10. The SMILES string of the molecule is CCCOc1ccc(O[11CH3])c(F)c1C(=O)c1ccc(C(=O)N[C@@H]2CNC[C@H]2NC(=O)c2ccc3c(c2)C=NC3)cc1. The van der Waals surface area contributed by atoms with Crippen molar-refractivity contribution in [1.29, 1.82) is 0 Å². The molecule has 212 valence electrons.